The fourth-order valence-corrected chi connectivity index (χ4v) is 3.37. The number of aliphatic hydroxyl groups is 1. The molecule has 2 atom stereocenters. The number of nitrogens with one attached hydrogen (secondary N) is 1. The second kappa shape index (κ2) is 8.22. The van der Waals surface area contributed by atoms with E-state index >= 15 is 0 Å². The Morgan fingerprint density at radius 3 is 2.62 bits per heavy atom. The fraction of sp³-hybridized carbons (Fsp3) is 0.438. The van der Waals surface area contributed by atoms with Crippen LogP contribution in [0.15, 0.2) is 43.0 Å². The van der Waals surface area contributed by atoms with Gasteiger partial charge < -0.3 is 10.4 Å². The highest BCUT2D eigenvalue weighted by Crippen LogP contribution is 2.24. The number of rotatable bonds is 6. The SMILES string of the molecule is C=C[C@H](CO)NC(=O)[C@@H](c1ccccc1)N1CCSCC1. The largest absolute Gasteiger partial charge is 0.394 e. The molecule has 4 nitrogen and oxygen atoms in total. The van der Waals surface area contributed by atoms with Crippen LogP contribution < -0.4 is 5.32 Å². The molecule has 0 bridgehead atoms. The number of carbonyl (C=O) groups is 1. The molecule has 1 fully saturated rings. The first-order valence-corrected chi connectivity index (χ1v) is 8.32. The third kappa shape index (κ3) is 4.33. The van der Waals surface area contributed by atoms with Crippen molar-refractivity contribution in [2.45, 2.75) is 12.1 Å². The van der Waals surface area contributed by atoms with Crippen molar-refractivity contribution in [3.63, 3.8) is 0 Å². The van der Waals surface area contributed by atoms with Crippen LogP contribution in [0, 0.1) is 0 Å². The van der Waals surface area contributed by atoms with Gasteiger partial charge in [0.15, 0.2) is 0 Å². The van der Waals surface area contributed by atoms with Crippen molar-refractivity contribution in [2.24, 2.45) is 0 Å². The molecule has 1 aromatic carbocycles. The zero-order valence-corrected chi connectivity index (χ0v) is 12.9. The fourth-order valence-electron chi connectivity index (χ4n) is 2.44. The van der Waals surface area contributed by atoms with Gasteiger partial charge in [0.05, 0.1) is 12.6 Å². The van der Waals surface area contributed by atoms with E-state index in [9.17, 15) is 9.90 Å². The van der Waals surface area contributed by atoms with Gasteiger partial charge in [0, 0.05) is 24.6 Å². The second-order valence-electron chi connectivity index (χ2n) is 4.99. The van der Waals surface area contributed by atoms with Gasteiger partial charge in [0.25, 0.3) is 0 Å². The van der Waals surface area contributed by atoms with Crippen molar-refractivity contribution in [3.05, 3.63) is 48.6 Å². The highest BCUT2D eigenvalue weighted by molar-refractivity contribution is 7.99. The molecule has 21 heavy (non-hydrogen) atoms. The molecule has 1 aliphatic heterocycles. The minimum Gasteiger partial charge on any atom is -0.394 e. The van der Waals surface area contributed by atoms with Crippen molar-refractivity contribution in [3.8, 4) is 0 Å². The van der Waals surface area contributed by atoms with Crippen molar-refractivity contribution >= 4 is 17.7 Å². The number of benzene rings is 1. The molecule has 1 aromatic rings. The molecular weight excluding hydrogens is 284 g/mol. The molecule has 0 aromatic heterocycles. The predicted octanol–water partition coefficient (Wildman–Crippen LogP) is 1.44. The Bertz CT molecular complexity index is 461. The first-order valence-electron chi connectivity index (χ1n) is 7.16. The molecule has 5 heteroatoms. The van der Waals surface area contributed by atoms with Crippen LogP contribution in [0.25, 0.3) is 0 Å². The Labute approximate surface area is 130 Å². The Kier molecular flexibility index (Phi) is 6.29. The predicted molar refractivity (Wildman–Crippen MR) is 87.3 cm³/mol. The summed E-state index contributed by atoms with van der Waals surface area (Å²) in [5, 5.41) is 12.1. The van der Waals surface area contributed by atoms with E-state index in [1.807, 2.05) is 42.1 Å². The van der Waals surface area contributed by atoms with Crippen LogP contribution >= 0.6 is 11.8 Å². The maximum absolute atomic E-state index is 12.7. The van der Waals surface area contributed by atoms with Crippen LogP contribution in [0.2, 0.25) is 0 Å². The van der Waals surface area contributed by atoms with Crippen LogP contribution in [0.5, 0.6) is 0 Å². The van der Waals surface area contributed by atoms with Crippen molar-refractivity contribution in [1.82, 2.24) is 10.2 Å². The average Bonchev–Trinajstić information content (AvgIpc) is 2.55. The number of carbonyl (C=O) groups excluding carboxylic acids is 1. The first kappa shape index (κ1) is 16.1. The van der Waals surface area contributed by atoms with Gasteiger partial charge in [-0.3, -0.25) is 9.69 Å². The number of aliphatic hydroxyl groups excluding tert-OH is 1. The van der Waals surface area contributed by atoms with E-state index in [4.69, 9.17) is 0 Å². The van der Waals surface area contributed by atoms with Gasteiger partial charge in [0.1, 0.15) is 6.04 Å². The molecule has 2 rings (SSSR count). The van der Waals surface area contributed by atoms with Gasteiger partial charge in [0.2, 0.25) is 5.91 Å². The molecule has 0 radical (unpaired) electrons. The molecule has 2 N–H and O–H groups in total. The summed E-state index contributed by atoms with van der Waals surface area (Å²) in [6, 6.07) is 9.10. The number of hydrogen-bond acceptors (Lipinski definition) is 4. The van der Waals surface area contributed by atoms with Crippen LogP contribution in [0.1, 0.15) is 11.6 Å². The highest BCUT2D eigenvalue weighted by atomic mass is 32.2. The summed E-state index contributed by atoms with van der Waals surface area (Å²) in [6.07, 6.45) is 1.56. The Hall–Kier alpha value is -1.30. The lowest BCUT2D eigenvalue weighted by molar-refractivity contribution is -0.127. The lowest BCUT2D eigenvalue weighted by atomic mass is 10.0. The molecule has 0 saturated carbocycles. The molecule has 1 aliphatic rings. The number of amides is 1. The van der Waals surface area contributed by atoms with Crippen molar-refractivity contribution in [1.29, 1.82) is 0 Å². The lowest BCUT2D eigenvalue weighted by Crippen LogP contribution is -2.47. The standard InChI is InChI=1S/C16H22N2O2S/c1-2-14(12-19)17-16(20)15(13-6-4-3-5-7-13)18-8-10-21-11-9-18/h2-7,14-15,19H,1,8-12H2,(H,17,20)/t14-,15-/m1/s1. The summed E-state index contributed by atoms with van der Waals surface area (Å²) >= 11 is 1.92. The molecule has 1 amide bonds. The van der Waals surface area contributed by atoms with E-state index in [2.05, 4.69) is 16.8 Å². The Morgan fingerprint density at radius 1 is 1.38 bits per heavy atom. The molecular formula is C16H22N2O2S. The van der Waals surface area contributed by atoms with E-state index in [0.717, 1.165) is 30.2 Å². The number of nitrogens with zero attached hydrogens (tertiary/aromatic N) is 1. The van der Waals surface area contributed by atoms with Gasteiger partial charge in [-0.1, -0.05) is 36.4 Å². The third-order valence-electron chi connectivity index (χ3n) is 3.58. The third-order valence-corrected chi connectivity index (χ3v) is 4.53. The van der Waals surface area contributed by atoms with E-state index in [-0.39, 0.29) is 18.6 Å². The van der Waals surface area contributed by atoms with Crippen LogP contribution in [-0.2, 0) is 4.79 Å². The lowest BCUT2D eigenvalue weighted by Gasteiger charge is -2.34. The summed E-state index contributed by atoms with van der Waals surface area (Å²) in [4.78, 5) is 14.9. The molecule has 0 aliphatic carbocycles. The maximum Gasteiger partial charge on any atom is 0.242 e. The summed E-state index contributed by atoms with van der Waals surface area (Å²) < 4.78 is 0. The highest BCUT2D eigenvalue weighted by Gasteiger charge is 2.29. The van der Waals surface area contributed by atoms with E-state index in [1.165, 1.54) is 0 Å². The number of thioether (sulfide) groups is 1. The van der Waals surface area contributed by atoms with Gasteiger partial charge in [-0.05, 0) is 5.56 Å². The first-order chi connectivity index (χ1) is 10.3. The number of hydrogen-bond donors (Lipinski definition) is 2. The monoisotopic (exact) mass is 306 g/mol. The van der Waals surface area contributed by atoms with Gasteiger partial charge >= 0.3 is 0 Å². The summed E-state index contributed by atoms with van der Waals surface area (Å²) in [5.41, 5.74) is 0.989. The zero-order valence-electron chi connectivity index (χ0n) is 12.1. The smallest absolute Gasteiger partial charge is 0.242 e. The van der Waals surface area contributed by atoms with Crippen LogP contribution in [0.3, 0.4) is 0 Å². The molecule has 1 saturated heterocycles. The summed E-state index contributed by atoms with van der Waals surface area (Å²) in [5.74, 6) is 2.01. The van der Waals surface area contributed by atoms with Crippen molar-refractivity contribution in [2.75, 3.05) is 31.2 Å². The summed E-state index contributed by atoms with van der Waals surface area (Å²) in [6.45, 7) is 5.30. The summed E-state index contributed by atoms with van der Waals surface area (Å²) in [7, 11) is 0. The average molecular weight is 306 g/mol. The molecule has 114 valence electrons. The van der Waals surface area contributed by atoms with Gasteiger partial charge in [-0.25, -0.2) is 0 Å². The van der Waals surface area contributed by atoms with E-state index < -0.39 is 6.04 Å². The Morgan fingerprint density at radius 2 is 2.05 bits per heavy atom. The van der Waals surface area contributed by atoms with Crippen LogP contribution in [0.4, 0.5) is 0 Å². The minimum atomic E-state index is -0.400. The molecule has 1 heterocycles. The van der Waals surface area contributed by atoms with Crippen LogP contribution in [-0.4, -0.2) is 53.2 Å². The quantitative estimate of drug-likeness (QED) is 0.781. The minimum absolute atomic E-state index is 0.0768. The topological polar surface area (TPSA) is 52.6 Å². The van der Waals surface area contributed by atoms with E-state index in [0.29, 0.717) is 0 Å². The molecule has 0 spiro atoms. The van der Waals surface area contributed by atoms with E-state index in [1.54, 1.807) is 6.08 Å². The Balaban J connectivity index is 2.18. The van der Waals surface area contributed by atoms with Crippen molar-refractivity contribution < 1.29 is 9.90 Å². The van der Waals surface area contributed by atoms with Gasteiger partial charge in [-0.15, -0.1) is 6.58 Å². The normalized spacial score (nSPS) is 18.7. The zero-order chi connectivity index (χ0) is 15.1. The second-order valence-corrected chi connectivity index (χ2v) is 6.22. The maximum atomic E-state index is 12.7. The molecule has 0 unspecified atom stereocenters. The van der Waals surface area contributed by atoms with Gasteiger partial charge in [-0.2, -0.15) is 11.8 Å².